The summed E-state index contributed by atoms with van der Waals surface area (Å²) < 4.78 is 4.54. The van der Waals surface area contributed by atoms with E-state index in [9.17, 15) is 0 Å². The van der Waals surface area contributed by atoms with Gasteiger partial charge in [-0.25, -0.2) is 9.97 Å². The van der Waals surface area contributed by atoms with Crippen molar-refractivity contribution in [3.8, 4) is 56.3 Å². The number of nitrogens with zero attached hydrogens (tertiary/aromatic N) is 5. The van der Waals surface area contributed by atoms with Crippen LogP contribution in [0.25, 0.3) is 111 Å². The Balaban J connectivity index is 0.00000408. The quantitative estimate of drug-likeness (QED) is 0.156. The van der Waals surface area contributed by atoms with Crippen molar-refractivity contribution in [1.82, 2.24) is 24.1 Å². The Kier molecular flexibility index (Phi) is 8.65. The molecule has 0 saturated carbocycles. The van der Waals surface area contributed by atoms with Crippen molar-refractivity contribution in [1.29, 1.82) is 0 Å². The number of para-hydroxylation sites is 4. The first-order valence-electron chi connectivity index (χ1n) is 19.9. The predicted octanol–water partition coefficient (Wildman–Crippen LogP) is 13.2. The largest absolute Gasteiger partial charge is 2.00 e. The number of hydrogen-bond donors (Lipinski definition) is 0. The molecule has 0 N–H and O–H groups in total. The Labute approximate surface area is 360 Å². The molecule has 0 bridgehead atoms. The van der Waals surface area contributed by atoms with Crippen LogP contribution in [0.15, 0.2) is 200 Å². The van der Waals surface area contributed by atoms with Crippen LogP contribution in [0.1, 0.15) is 0 Å². The topological polar surface area (TPSA) is 49.7 Å². The van der Waals surface area contributed by atoms with Gasteiger partial charge in [0.2, 0.25) is 0 Å². The van der Waals surface area contributed by atoms with E-state index >= 15 is 0 Å². The van der Waals surface area contributed by atoms with Crippen LogP contribution in [0.3, 0.4) is 0 Å². The van der Waals surface area contributed by atoms with E-state index in [2.05, 4.69) is 191 Å². The second-order valence-electron chi connectivity index (χ2n) is 14.9. The van der Waals surface area contributed by atoms with Gasteiger partial charge < -0.3 is 9.55 Å². The van der Waals surface area contributed by atoms with E-state index in [1.165, 1.54) is 5.56 Å². The molecule has 0 aliphatic carbocycles. The molecule has 0 saturated heterocycles. The number of benzene rings is 8. The van der Waals surface area contributed by atoms with E-state index in [1.54, 1.807) is 0 Å². The van der Waals surface area contributed by atoms with Gasteiger partial charge in [-0.2, -0.15) is 0 Å². The van der Waals surface area contributed by atoms with Crippen LogP contribution in [0.4, 0.5) is 0 Å². The van der Waals surface area contributed by atoms with Crippen molar-refractivity contribution >= 4 is 54.6 Å². The molecule has 8 aromatic carbocycles. The molecule has 0 fully saturated rings. The molecule has 4 heterocycles. The number of pyridine rings is 1. The normalized spacial score (nSPS) is 11.5. The molecular formula is C54H33N5Pt. The number of hydrogen-bond acceptors (Lipinski definition) is 2. The Morgan fingerprint density at radius 1 is 0.483 bits per heavy atom. The van der Waals surface area contributed by atoms with Gasteiger partial charge in [0.05, 0.1) is 11.0 Å². The molecule has 0 spiro atoms. The summed E-state index contributed by atoms with van der Waals surface area (Å²) >= 11 is 0. The first-order valence-corrected chi connectivity index (χ1v) is 19.9. The molecule has 12 rings (SSSR count). The van der Waals surface area contributed by atoms with Crippen molar-refractivity contribution in [3.63, 3.8) is 0 Å². The molecule has 12 aromatic rings. The van der Waals surface area contributed by atoms with Gasteiger partial charge in [0, 0.05) is 23.0 Å². The smallest absolute Gasteiger partial charge is 0.656 e. The summed E-state index contributed by atoms with van der Waals surface area (Å²) in [6.07, 6.45) is 1.86. The molecule has 6 heteroatoms. The molecular weight excluding hydrogens is 914 g/mol. The molecule has 60 heavy (non-hydrogen) atoms. The third-order valence-corrected chi connectivity index (χ3v) is 11.5. The van der Waals surface area contributed by atoms with Crippen molar-refractivity contribution in [2.24, 2.45) is 0 Å². The third kappa shape index (κ3) is 5.66. The van der Waals surface area contributed by atoms with Gasteiger partial charge in [-0.05, 0) is 86.4 Å². The molecule has 284 valence electrons. The predicted molar refractivity (Wildman–Crippen MR) is 242 cm³/mol. The summed E-state index contributed by atoms with van der Waals surface area (Å²) in [6, 6.07) is 72.1. The number of aromatic nitrogens is 5. The average Bonchev–Trinajstić information content (AvgIpc) is 3.99. The zero-order valence-corrected chi connectivity index (χ0v) is 34.4. The minimum atomic E-state index is 0. The molecule has 0 unspecified atom stereocenters. The van der Waals surface area contributed by atoms with Crippen molar-refractivity contribution in [3.05, 3.63) is 206 Å². The molecule has 0 amide bonds. The maximum atomic E-state index is 5.54. The summed E-state index contributed by atoms with van der Waals surface area (Å²) in [5.74, 6) is 1.68. The Morgan fingerprint density at radius 2 is 1.18 bits per heavy atom. The zero-order chi connectivity index (χ0) is 38.9. The molecule has 0 aliphatic rings. The van der Waals surface area contributed by atoms with Crippen LogP contribution in [0, 0.1) is 6.07 Å². The van der Waals surface area contributed by atoms with E-state index in [0.717, 1.165) is 105 Å². The molecule has 4 aromatic heterocycles. The first kappa shape index (κ1) is 35.8. The van der Waals surface area contributed by atoms with Crippen LogP contribution in [0.5, 0.6) is 0 Å². The van der Waals surface area contributed by atoms with Gasteiger partial charge in [0.1, 0.15) is 11.6 Å². The van der Waals surface area contributed by atoms with Crippen molar-refractivity contribution in [2.45, 2.75) is 0 Å². The van der Waals surface area contributed by atoms with Crippen LogP contribution in [-0.2, 0) is 21.1 Å². The van der Waals surface area contributed by atoms with E-state index in [4.69, 9.17) is 15.0 Å². The molecule has 0 atom stereocenters. The van der Waals surface area contributed by atoms with E-state index in [0.29, 0.717) is 0 Å². The Hall–Kier alpha value is -7.33. The van der Waals surface area contributed by atoms with Gasteiger partial charge in [-0.3, -0.25) is 4.57 Å². The van der Waals surface area contributed by atoms with Gasteiger partial charge in [-0.15, -0.1) is 34.8 Å². The molecule has 0 radical (unpaired) electrons. The van der Waals surface area contributed by atoms with E-state index < -0.39 is 0 Å². The van der Waals surface area contributed by atoms with Gasteiger partial charge in [-0.1, -0.05) is 150 Å². The fraction of sp³-hybridized carbons (Fsp3) is 0. The summed E-state index contributed by atoms with van der Waals surface area (Å²) in [4.78, 5) is 15.6. The Bertz CT molecular complexity index is 3530. The molecule has 0 aliphatic heterocycles. The third-order valence-electron chi connectivity index (χ3n) is 11.5. The maximum Gasteiger partial charge on any atom is 2.00 e. The Morgan fingerprint density at radius 3 is 1.98 bits per heavy atom. The summed E-state index contributed by atoms with van der Waals surface area (Å²) in [6.45, 7) is 0. The van der Waals surface area contributed by atoms with Gasteiger partial charge in [0.15, 0.2) is 0 Å². The second kappa shape index (κ2) is 14.5. The first-order chi connectivity index (χ1) is 29.3. The van der Waals surface area contributed by atoms with Gasteiger partial charge in [0.25, 0.3) is 0 Å². The van der Waals surface area contributed by atoms with Gasteiger partial charge >= 0.3 is 21.1 Å². The second-order valence-corrected chi connectivity index (χ2v) is 14.9. The maximum absolute atomic E-state index is 5.54. The fourth-order valence-corrected chi connectivity index (χ4v) is 8.91. The molecule has 5 nitrogen and oxygen atoms in total. The fourth-order valence-electron chi connectivity index (χ4n) is 8.91. The van der Waals surface area contributed by atoms with E-state index in [-0.39, 0.29) is 21.1 Å². The van der Waals surface area contributed by atoms with Crippen molar-refractivity contribution in [2.75, 3.05) is 0 Å². The van der Waals surface area contributed by atoms with Crippen LogP contribution in [0.2, 0.25) is 0 Å². The number of imidazole rings is 1. The number of rotatable bonds is 6. The minimum absolute atomic E-state index is 0. The monoisotopic (exact) mass is 946 g/mol. The summed E-state index contributed by atoms with van der Waals surface area (Å²) in [5, 5.41) is 4.54. The summed E-state index contributed by atoms with van der Waals surface area (Å²) in [7, 11) is 0. The van der Waals surface area contributed by atoms with E-state index in [1.807, 2.05) is 24.4 Å². The standard InChI is InChI=1S/C54H33N5.Pt/c1-4-16-35(17-5-1)38-32-45(36-18-6-2-7-19-36)51-43-30-29-37(33-48(43)59(49(51)34-38)50-28-12-13-31-55-50)40-23-15-27-47-53(40)57-54(58(47)39-20-8-3-9-21-39)44-25-14-24-42-41-22-10-11-26-46(41)56-52(42)44;/h1-32,34H;/q-2;+2. The SMILES string of the molecule is [Pt+2].[c-]1c(-c2cccc3c2nc(-c2cccc4c2[n-]c2ccccc24)n3-c2ccccc2)ccc2c3c(-c4ccccc4)cc(-c4ccccc4)cc3n(-c3ccccn3)c12. The van der Waals surface area contributed by atoms with Crippen molar-refractivity contribution < 1.29 is 21.1 Å². The average molecular weight is 947 g/mol. The van der Waals surface area contributed by atoms with Crippen LogP contribution >= 0.6 is 0 Å². The minimum Gasteiger partial charge on any atom is -0.656 e. The van der Waals surface area contributed by atoms with Crippen LogP contribution < -0.4 is 4.98 Å². The number of fused-ring (bicyclic) bond motifs is 7. The zero-order valence-electron chi connectivity index (χ0n) is 32.1. The van der Waals surface area contributed by atoms with Crippen LogP contribution in [-0.4, -0.2) is 19.1 Å². The summed E-state index contributed by atoms with van der Waals surface area (Å²) in [5.41, 5.74) is 14.5.